The first kappa shape index (κ1) is 13.2. The van der Waals surface area contributed by atoms with Gasteiger partial charge in [0.05, 0.1) is 4.92 Å². The van der Waals surface area contributed by atoms with Crippen LogP contribution in [-0.4, -0.2) is 27.7 Å². The zero-order valence-corrected chi connectivity index (χ0v) is 11.3. The van der Waals surface area contributed by atoms with Crippen molar-refractivity contribution in [1.82, 2.24) is 4.90 Å². The van der Waals surface area contributed by atoms with Gasteiger partial charge in [-0.25, -0.2) is 0 Å². The molecule has 2 saturated heterocycles. The fourth-order valence-corrected chi connectivity index (χ4v) is 3.54. The fourth-order valence-electron chi connectivity index (χ4n) is 3.54. The molecule has 0 amide bonds. The van der Waals surface area contributed by atoms with E-state index in [-0.39, 0.29) is 22.7 Å². The van der Waals surface area contributed by atoms with Crippen LogP contribution >= 0.6 is 0 Å². The topological polar surface area (TPSA) is 63.5 Å². The van der Waals surface area contributed by atoms with Gasteiger partial charge in [0.1, 0.15) is 5.78 Å². The smallest absolute Gasteiger partial charge is 0.273 e. The van der Waals surface area contributed by atoms with Gasteiger partial charge in [0.2, 0.25) is 0 Å². The first-order chi connectivity index (χ1) is 9.65. The van der Waals surface area contributed by atoms with E-state index in [1.807, 2.05) is 12.1 Å². The van der Waals surface area contributed by atoms with Crippen LogP contribution < -0.4 is 0 Å². The Bertz CT molecular complexity index is 528. The van der Waals surface area contributed by atoms with Crippen LogP contribution in [0.4, 0.5) is 5.69 Å². The van der Waals surface area contributed by atoms with Gasteiger partial charge < -0.3 is 0 Å². The molecule has 2 fully saturated rings. The summed E-state index contributed by atoms with van der Waals surface area (Å²) in [5.74, 6) is 0.346. The number of fused-ring (bicyclic) bond motifs is 2. The summed E-state index contributed by atoms with van der Waals surface area (Å²) in [7, 11) is 0. The zero-order chi connectivity index (χ0) is 14.1. The molecule has 2 heterocycles. The van der Waals surface area contributed by atoms with Gasteiger partial charge in [0, 0.05) is 43.1 Å². The van der Waals surface area contributed by atoms with E-state index in [9.17, 15) is 14.9 Å². The summed E-state index contributed by atoms with van der Waals surface area (Å²) in [4.78, 5) is 24.8. The molecule has 2 aliphatic heterocycles. The molecule has 106 valence electrons. The number of Topliss-reactive ketones (excluding diaryl/α,β-unsaturated/α-hetero) is 1. The molecule has 5 heteroatoms. The van der Waals surface area contributed by atoms with Crippen LogP contribution in [0.2, 0.25) is 0 Å². The van der Waals surface area contributed by atoms with E-state index in [4.69, 9.17) is 0 Å². The Kier molecular flexibility index (Phi) is 3.53. The van der Waals surface area contributed by atoms with Crippen LogP contribution in [0.5, 0.6) is 0 Å². The van der Waals surface area contributed by atoms with Gasteiger partial charge in [-0.05, 0) is 12.8 Å². The molecule has 20 heavy (non-hydrogen) atoms. The van der Waals surface area contributed by atoms with Crippen LogP contribution in [0, 0.1) is 10.1 Å². The maximum Gasteiger partial charge on any atom is 0.273 e. The summed E-state index contributed by atoms with van der Waals surface area (Å²) >= 11 is 0. The first-order valence-corrected chi connectivity index (χ1v) is 7.15. The van der Waals surface area contributed by atoms with Crippen LogP contribution in [0.3, 0.4) is 0 Å². The molecule has 0 aliphatic carbocycles. The fraction of sp³-hybridized carbons (Fsp3) is 0.533. The first-order valence-electron chi connectivity index (χ1n) is 7.15. The molecule has 1 aromatic rings. The summed E-state index contributed by atoms with van der Waals surface area (Å²) in [6.45, 7) is 0.583. The van der Waals surface area contributed by atoms with Gasteiger partial charge in [0.25, 0.3) is 5.69 Å². The SMILES string of the molecule is O=C1CC2CCCC(C1)N2Cc1ccccc1[N+](=O)[O-]. The van der Waals surface area contributed by atoms with E-state index in [1.165, 1.54) is 0 Å². The highest BCUT2D eigenvalue weighted by molar-refractivity contribution is 5.80. The van der Waals surface area contributed by atoms with E-state index in [0.29, 0.717) is 25.2 Å². The van der Waals surface area contributed by atoms with Gasteiger partial charge >= 0.3 is 0 Å². The minimum absolute atomic E-state index is 0.183. The molecule has 0 spiro atoms. The molecule has 0 saturated carbocycles. The van der Waals surface area contributed by atoms with Gasteiger partial charge in [-0.1, -0.05) is 24.6 Å². The van der Waals surface area contributed by atoms with Crippen molar-refractivity contribution in [3.05, 3.63) is 39.9 Å². The Morgan fingerprint density at radius 2 is 1.85 bits per heavy atom. The standard InChI is InChI=1S/C15H18N2O3/c18-14-8-12-5-3-6-13(9-14)16(12)10-11-4-1-2-7-15(11)17(19)20/h1-2,4,7,12-13H,3,5-6,8-10H2. The molecule has 2 atom stereocenters. The van der Waals surface area contributed by atoms with Gasteiger partial charge in [0.15, 0.2) is 0 Å². The summed E-state index contributed by atoms with van der Waals surface area (Å²) in [6, 6.07) is 7.46. The van der Waals surface area contributed by atoms with E-state index >= 15 is 0 Å². The molecule has 1 aromatic carbocycles. The minimum Gasteiger partial charge on any atom is -0.300 e. The lowest BCUT2D eigenvalue weighted by molar-refractivity contribution is -0.385. The number of carbonyl (C=O) groups excluding carboxylic acids is 1. The van der Waals surface area contributed by atoms with Crippen molar-refractivity contribution in [2.45, 2.75) is 50.7 Å². The number of para-hydroxylation sites is 1. The van der Waals surface area contributed by atoms with Crippen molar-refractivity contribution in [1.29, 1.82) is 0 Å². The number of nitro benzene ring substituents is 1. The minimum atomic E-state index is -0.319. The number of ketones is 1. The predicted octanol–water partition coefficient (Wildman–Crippen LogP) is 2.68. The Labute approximate surface area is 117 Å². The van der Waals surface area contributed by atoms with E-state index < -0.39 is 0 Å². The van der Waals surface area contributed by atoms with Crippen molar-refractivity contribution in [3.63, 3.8) is 0 Å². The largest absolute Gasteiger partial charge is 0.300 e. The second-order valence-corrected chi connectivity index (χ2v) is 5.74. The van der Waals surface area contributed by atoms with Crippen molar-refractivity contribution in [2.75, 3.05) is 0 Å². The van der Waals surface area contributed by atoms with Crippen LogP contribution in [0.1, 0.15) is 37.7 Å². The van der Waals surface area contributed by atoms with Gasteiger partial charge in [-0.3, -0.25) is 19.8 Å². The number of hydrogen-bond acceptors (Lipinski definition) is 4. The van der Waals surface area contributed by atoms with Crippen LogP contribution in [-0.2, 0) is 11.3 Å². The summed E-state index contributed by atoms with van der Waals surface area (Å²) in [6.07, 6.45) is 4.44. The Hall–Kier alpha value is -1.75. The molecular formula is C15H18N2O3. The van der Waals surface area contributed by atoms with Crippen molar-refractivity contribution in [3.8, 4) is 0 Å². The zero-order valence-electron chi connectivity index (χ0n) is 11.3. The highest BCUT2D eigenvalue weighted by atomic mass is 16.6. The molecule has 2 unspecified atom stereocenters. The summed E-state index contributed by atoms with van der Waals surface area (Å²) in [5, 5.41) is 11.1. The average Bonchev–Trinajstić information content (AvgIpc) is 2.40. The van der Waals surface area contributed by atoms with Crippen LogP contribution in [0.15, 0.2) is 24.3 Å². The molecule has 0 radical (unpaired) electrons. The lowest BCUT2D eigenvalue weighted by Crippen LogP contribution is -2.51. The number of benzene rings is 1. The third-order valence-corrected chi connectivity index (χ3v) is 4.48. The maximum atomic E-state index is 11.7. The molecule has 3 rings (SSSR count). The quantitative estimate of drug-likeness (QED) is 0.628. The monoisotopic (exact) mass is 274 g/mol. The maximum absolute atomic E-state index is 11.7. The van der Waals surface area contributed by atoms with Crippen molar-refractivity contribution < 1.29 is 9.72 Å². The van der Waals surface area contributed by atoms with Crippen molar-refractivity contribution >= 4 is 11.5 Å². The molecular weight excluding hydrogens is 256 g/mol. The normalized spacial score (nSPS) is 26.5. The highest BCUT2D eigenvalue weighted by Gasteiger charge is 2.37. The van der Waals surface area contributed by atoms with E-state index in [1.54, 1.807) is 12.1 Å². The van der Waals surface area contributed by atoms with E-state index in [0.717, 1.165) is 24.8 Å². The predicted molar refractivity (Wildman–Crippen MR) is 74.3 cm³/mol. The Morgan fingerprint density at radius 1 is 1.20 bits per heavy atom. The third kappa shape index (κ3) is 2.45. The second kappa shape index (κ2) is 5.32. The van der Waals surface area contributed by atoms with Crippen LogP contribution in [0.25, 0.3) is 0 Å². The Balaban J connectivity index is 1.84. The molecule has 0 N–H and O–H groups in total. The molecule has 2 aliphatic rings. The van der Waals surface area contributed by atoms with Gasteiger partial charge in [-0.2, -0.15) is 0 Å². The van der Waals surface area contributed by atoms with Gasteiger partial charge in [-0.15, -0.1) is 0 Å². The van der Waals surface area contributed by atoms with E-state index in [2.05, 4.69) is 4.90 Å². The lowest BCUT2D eigenvalue weighted by atomic mass is 9.83. The Morgan fingerprint density at radius 3 is 2.50 bits per heavy atom. The average molecular weight is 274 g/mol. The number of carbonyl (C=O) groups is 1. The number of hydrogen-bond donors (Lipinski definition) is 0. The van der Waals surface area contributed by atoms with Crippen molar-refractivity contribution in [2.24, 2.45) is 0 Å². The lowest BCUT2D eigenvalue weighted by Gasteiger charge is -2.45. The summed E-state index contributed by atoms with van der Waals surface area (Å²) < 4.78 is 0. The second-order valence-electron chi connectivity index (χ2n) is 5.74. The molecule has 5 nitrogen and oxygen atoms in total. The number of nitrogens with zero attached hydrogens (tertiary/aromatic N) is 2. The third-order valence-electron chi connectivity index (χ3n) is 4.48. The highest BCUT2D eigenvalue weighted by Crippen LogP contribution is 2.34. The summed E-state index contributed by atoms with van der Waals surface area (Å²) in [5.41, 5.74) is 0.936. The number of nitro groups is 1. The molecule has 0 aromatic heterocycles. The molecule has 2 bridgehead atoms. The number of piperidine rings is 2. The number of rotatable bonds is 3.